The number of hydrogen-bond donors (Lipinski definition) is 2. The minimum atomic E-state index is 0.124. The van der Waals surface area contributed by atoms with E-state index in [1.54, 1.807) is 12.4 Å². The number of anilines is 1. The minimum absolute atomic E-state index is 0.124. The number of nitrogens with zero attached hydrogens (tertiary/aromatic N) is 2. The second-order valence-electron chi connectivity index (χ2n) is 5.86. The number of aromatic nitrogens is 2. The van der Waals surface area contributed by atoms with E-state index in [9.17, 15) is 0 Å². The van der Waals surface area contributed by atoms with Gasteiger partial charge in [0.1, 0.15) is 5.82 Å². The maximum atomic E-state index is 5.57. The summed E-state index contributed by atoms with van der Waals surface area (Å²) < 4.78 is 5.57. The van der Waals surface area contributed by atoms with Gasteiger partial charge in [-0.25, -0.2) is 0 Å². The predicted octanol–water partition coefficient (Wildman–Crippen LogP) is 1.96. The Morgan fingerprint density at radius 3 is 2.68 bits per heavy atom. The third-order valence-corrected chi connectivity index (χ3v) is 3.79. The zero-order valence-electron chi connectivity index (χ0n) is 11.6. The van der Waals surface area contributed by atoms with Gasteiger partial charge in [-0.05, 0) is 39.5 Å². The van der Waals surface area contributed by atoms with Crippen molar-refractivity contribution in [2.45, 2.75) is 63.8 Å². The molecule has 2 saturated heterocycles. The summed E-state index contributed by atoms with van der Waals surface area (Å²) in [4.78, 5) is 8.65. The molecule has 2 aliphatic rings. The first-order chi connectivity index (χ1) is 9.19. The molecule has 2 bridgehead atoms. The van der Waals surface area contributed by atoms with E-state index in [1.165, 1.54) is 25.7 Å². The Kier molecular flexibility index (Phi) is 3.55. The molecule has 3 heterocycles. The van der Waals surface area contributed by atoms with Gasteiger partial charge in [0.2, 0.25) is 5.88 Å². The van der Waals surface area contributed by atoms with E-state index < -0.39 is 0 Å². The largest absolute Gasteiger partial charge is 0.474 e. The summed E-state index contributed by atoms with van der Waals surface area (Å²) in [5.74, 6) is 1.42. The van der Waals surface area contributed by atoms with Crippen LogP contribution in [0.1, 0.15) is 39.5 Å². The van der Waals surface area contributed by atoms with E-state index in [2.05, 4.69) is 20.6 Å². The number of piperidine rings is 1. The average molecular weight is 262 g/mol. The van der Waals surface area contributed by atoms with Crippen LogP contribution in [0, 0.1) is 0 Å². The molecule has 2 aliphatic heterocycles. The van der Waals surface area contributed by atoms with Crippen molar-refractivity contribution >= 4 is 5.82 Å². The fraction of sp³-hybridized carbons (Fsp3) is 0.714. The molecule has 1 aromatic rings. The SMILES string of the molecule is CC(C)Oc1cncc(NC2CC3CCC(C2)N3)n1. The summed E-state index contributed by atoms with van der Waals surface area (Å²) in [5.41, 5.74) is 0. The van der Waals surface area contributed by atoms with E-state index in [1.807, 2.05) is 13.8 Å². The van der Waals surface area contributed by atoms with Gasteiger partial charge in [0, 0.05) is 18.1 Å². The highest BCUT2D eigenvalue weighted by molar-refractivity contribution is 5.35. The first-order valence-electron chi connectivity index (χ1n) is 7.20. The molecule has 0 amide bonds. The molecule has 2 N–H and O–H groups in total. The Morgan fingerprint density at radius 2 is 2.00 bits per heavy atom. The summed E-state index contributed by atoms with van der Waals surface area (Å²) in [7, 11) is 0. The Morgan fingerprint density at radius 1 is 1.26 bits per heavy atom. The van der Waals surface area contributed by atoms with Crippen molar-refractivity contribution in [3.63, 3.8) is 0 Å². The molecule has 2 atom stereocenters. The molecule has 5 nitrogen and oxygen atoms in total. The van der Waals surface area contributed by atoms with Gasteiger partial charge in [-0.3, -0.25) is 4.98 Å². The Bertz CT molecular complexity index is 425. The summed E-state index contributed by atoms with van der Waals surface area (Å²) in [6, 6.07) is 1.86. The van der Waals surface area contributed by atoms with Crippen molar-refractivity contribution < 1.29 is 4.74 Å². The van der Waals surface area contributed by atoms with Gasteiger partial charge in [0.05, 0.1) is 18.5 Å². The lowest BCUT2D eigenvalue weighted by atomic mass is 10.00. The van der Waals surface area contributed by atoms with Crippen LogP contribution in [0.25, 0.3) is 0 Å². The summed E-state index contributed by atoms with van der Waals surface area (Å²) in [5, 5.41) is 7.14. The van der Waals surface area contributed by atoms with E-state index in [0.717, 1.165) is 5.82 Å². The number of nitrogens with one attached hydrogen (secondary N) is 2. The summed E-state index contributed by atoms with van der Waals surface area (Å²) in [6.07, 6.45) is 8.53. The van der Waals surface area contributed by atoms with Gasteiger partial charge in [-0.2, -0.15) is 4.98 Å². The average Bonchev–Trinajstić information content (AvgIpc) is 2.68. The molecular weight excluding hydrogens is 240 g/mol. The van der Waals surface area contributed by atoms with Gasteiger partial charge < -0.3 is 15.4 Å². The molecule has 0 aromatic carbocycles. The van der Waals surface area contributed by atoms with Gasteiger partial charge in [0.15, 0.2) is 0 Å². The molecule has 5 heteroatoms. The summed E-state index contributed by atoms with van der Waals surface area (Å²) >= 11 is 0. The molecule has 1 aromatic heterocycles. The van der Waals surface area contributed by atoms with Crippen LogP contribution in [-0.4, -0.2) is 34.2 Å². The first-order valence-corrected chi connectivity index (χ1v) is 7.20. The smallest absolute Gasteiger partial charge is 0.234 e. The number of rotatable bonds is 4. The van der Waals surface area contributed by atoms with Gasteiger partial charge >= 0.3 is 0 Å². The normalized spacial score (nSPS) is 29.5. The number of hydrogen-bond acceptors (Lipinski definition) is 5. The fourth-order valence-electron chi connectivity index (χ4n) is 3.10. The predicted molar refractivity (Wildman–Crippen MR) is 74.4 cm³/mol. The molecule has 2 unspecified atom stereocenters. The van der Waals surface area contributed by atoms with Gasteiger partial charge in [-0.15, -0.1) is 0 Å². The maximum Gasteiger partial charge on any atom is 0.234 e. The third-order valence-electron chi connectivity index (χ3n) is 3.79. The quantitative estimate of drug-likeness (QED) is 0.868. The molecule has 0 radical (unpaired) electrons. The van der Waals surface area contributed by atoms with Crippen molar-refractivity contribution in [2.75, 3.05) is 5.32 Å². The minimum Gasteiger partial charge on any atom is -0.474 e. The Balaban J connectivity index is 1.63. The fourth-order valence-corrected chi connectivity index (χ4v) is 3.10. The zero-order valence-corrected chi connectivity index (χ0v) is 11.6. The lowest BCUT2D eigenvalue weighted by molar-refractivity contribution is 0.232. The number of fused-ring (bicyclic) bond motifs is 2. The third kappa shape index (κ3) is 3.15. The lowest BCUT2D eigenvalue weighted by Gasteiger charge is -2.30. The van der Waals surface area contributed by atoms with Crippen LogP contribution in [0.5, 0.6) is 5.88 Å². The van der Waals surface area contributed by atoms with E-state index >= 15 is 0 Å². The highest BCUT2D eigenvalue weighted by Crippen LogP contribution is 2.28. The van der Waals surface area contributed by atoms with E-state index in [4.69, 9.17) is 4.74 Å². The van der Waals surface area contributed by atoms with E-state index in [0.29, 0.717) is 24.0 Å². The van der Waals surface area contributed by atoms with Crippen molar-refractivity contribution in [2.24, 2.45) is 0 Å². The molecule has 2 fully saturated rings. The van der Waals surface area contributed by atoms with Crippen molar-refractivity contribution in [3.8, 4) is 5.88 Å². The Labute approximate surface area is 114 Å². The van der Waals surface area contributed by atoms with Crippen LogP contribution in [0.2, 0.25) is 0 Å². The molecule has 3 rings (SSSR count). The highest BCUT2D eigenvalue weighted by atomic mass is 16.5. The van der Waals surface area contributed by atoms with Crippen molar-refractivity contribution in [1.82, 2.24) is 15.3 Å². The second-order valence-corrected chi connectivity index (χ2v) is 5.86. The first kappa shape index (κ1) is 12.7. The molecule has 0 aliphatic carbocycles. The van der Waals surface area contributed by atoms with Crippen LogP contribution in [0.3, 0.4) is 0 Å². The van der Waals surface area contributed by atoms with Crippen LogP contribution in [0.4, 0.5) is 5.82 Å². The lowest BCUT2D eigenvalue weighted by Crippen LogP contribution is -2.43. The second kappa shape index (κ2) is 5.33. The number of ether oxygens (including phenoxy) is 1. The monoisotopic (exact) mass is 262 g/mol. The summed E-state index contributed by atoms with van der Waals surface area (Å²) in [6.45, 7) is 3.98. The molecule has 104 valence electrons. The molecule has 0 spiro atoms. The van der Waals surface area contributed by atoms with Crippen LogP contribution < -0.4 is 15.4 Å². The van der Waals surface area contributed by atoms with Gasteiger partial charge in [-0.1, -0.05) is 0 Å². The molecule has 0 saturated carbocycles. The molecule has 19 heavy (non-hydrogen) atoms. The Hall–Kier alpha value is -1.36. The van der Waals surface area contributed by atoms with Crippen LogP contribution in [-0.2, 0) is 0 Å². The van der Waals surface area contributed by atoms with Crippen LogP contribution >= 0.6 is 0 Å². The van der Waals surface area contributed by atoms with Crippen molar-refractivity contribution in [3.05, 3.63) is 12.4 Å². The topological polar surface area (TPSA) is 59.1 Å². The highest BCUT2D eigenvalue weighted by Gasteiger charge is 2.33. The van der Waals surface area contributed by atoms with E-state index in [-0.39, 0.29) is 6.10 Å². The van der Waals surface area contributed by atoms with Gasteiger partial charge in [0.25, 0.3) is 0 Å². The molecular formula is C14H22N4O. The standard InChI is InChI=1S/C14H22N4O/c1-9(2)19-14-8-15-7-13(18-14)17-12-5-10-3-4-11(6-12)16-10/h7-12,16H,3-6H2,1-2H3,(H,17,18). The van der Waals surface area contributed by atoms with Crippen LogP contribution in [0.15, 0.2) is 12.4 Å². The van der Waals surface area contributed by atoms with Crippen molar-refractivity contribution in [1.29, 1.82) is 0 Å². The zero-order chi connectivity index (χ0) is 13.2. The maximum absolute atomic E-state index is 5.57.